The van der Waals surface area contributed by atoms with Crippen LogP contribution in [-0.2, 0) is 11.3 Å². The fourth-order valence-corrected chi connectivity index (χ4v) is 2.97. The Hall–Kier alpha value is -1.46. The van der Waals surface area contributed by atoms with Crippen LogP contribution in [0.5, 0.6) is 0 Å². The molecule has 3 rings (SSSR count). The van der Waals surface area contributed by atoms with E-state index in [4.69, 9.17) is 9.72 Å². The van der Waals surface area contributed by atoms with Crippen LogP contribution in [0.15, 0.2) is 18.5 Å². The summed E-state index contributed by atoms with van der Waals surface area (Å²) in [7, 11) is 1.75. The molecule has 20 heavy (non-hydrogen) atoms. The molecule has 1 fully saturated rings. The lowest BCUT2D eigenvalue weighted by Gasteiger charge is -2.23. The first-order chi connectivity index (χ1) is 9.90. The van der Waals surface area contributed by atoms with Crippen LogP contribution in [0.2, 0.25) is 0 Å². The molecule has 0 saturated carbocycles. The summed E-state index contributed by atoms with van der Waals surface area (Å²) in [6, 6.07) is 2.00. The summed E-state index contributed by atoms with van der Waals surface area (Å²) >= 11 is 0. The molecule has 3 heterocycles. The average Bonchev–Trinajstić information content (AvgIpc) is 2.87. The second kappa shape index (κ2) is 6.33. The summed E-state index contributed by atoms with van der Waals surface area (Å²) in [5.74, 6) is 1.72. The van der Waals surface area contributed by atoms with E-state index in [9.17, 15) is 0 Å². The normalized spacial score (nSPS) is 19.6. The monoisotopic (exact) mass is 274 g/mol. The van der Waals surface area contributed by atoms with Crippen LogP contribution < -0.4 is 5.32 Å². The van der Waals surface area contributed by atoms with Gasteiger partial charge in [0.1, 0.15) is 5.82 Å². The number of piperidine rings is 1. The van der Waals surface area contributed by atoms with Gasteiger partial charge in [-0.25, -0.2) is 4.98 Å². The van der Waals surface area contributed by atoms with Gasteiger partial charge < -0.3 is 14.6 Å². The lowest BCUT2D eigenvalue weighted by Crippen LogP contribution is -2.30. The van der Waals surface area contributed by atoms with Gasteiger partial charge in [-0.1, -0.05) is 0 Å². The van der Waals surface area contributed by atoms with E-state index in [0.29, 0.717) is 5.92 Å². The highest BCUT2D eigenvalue weighted by molar-refractivity contribution is 5.74. The molecule has 108 valence electrons. The number of hydrogen-bond donors (Lipinski definition) is 1. The highest BCUT2D eigenvalue weighted by Crippen LogP contribution is 2.26. The zero-order valence-corrected chi connectivity index (χ0v) is 12.0. The summed E-state index contributed by atoms with van der Waals surface area (Å²) in [5, 5.41) is 3.48. The van der Waals surface area contributed by atoms with E-state index >= 15 is 0 Å². The van der Waals surface area contributed by atoms with Gasteiger partial charge >= 0.3 is 0 Å². The summed E-state index contributed by atoms with van der Waals surface area (Å²) in [5.41, 5.74) is 2.20. The van der Waals surface area contributed by atoms with Crippen molar-refractivity contribution in [3.05, 3.63) is 24.3 Å². The molecular weight excluding hydrogens is 252 g/mol. The standard InChI is InChI=1S/C15H22N4O/c1-20-9-3-8-19-14-11-17-7-5-13(14)18-15(19)12-4-2-6-16-10-12/h5,7,11-12,16H,2-4,6,8-10H2,1H3. The molecule has 2 aromatic rings. The fraction of sp³-hybridized carbons (Fsp3) is 0.600. The van der Waals surface area contributed by atoms with Gasteiger partial charge in [0.2, 0.25) is 0 Å². The summed E-state index contributed by atoms with van der Waals surface area (Å²) < 4.78 is 7.51. The van der Waals surface area contributed by atoms with Crippen LogP contribution in [0, 0.1) is 0 Å². The van der Waals surface area contributed by atoms with Crippen molar-refractivity contribution in [3.63, 3.8) is 0 Å². The minimum absolute atomic E-state index is 0.513. The third-order valence-electron chi connectivity index (χ3n) is 3.97. The Morgan fingerprint density at radius 2 is 2.45 bits per heavy atom. The molecule has 0 amide bonds. The molecule has 1 unspecified atom stereocenters. The van der Waals surface area contributed by atoms with Gasteiger partial charge in [0.25, 0.3) is 0 Å². The summed E-state index contributed by atoms with van der Waals surface area (Å²) in [6.45, 7) is 3.88. The number of nitrogens with one attached hydrogen (secondary N) is 1. The smallest absolute Gasteiger partial charge is 0.114 e. The van der Waals surface area contributed by atoms with E-state index in [1.54, 1.807) is 7.11 Å². The Kier molecular flexibility index (Phi) is 4.28. The average molecular weight is 274 g/mol. The van der Waals surface area contributed by atoms with E-state index in [1.807, 2.05) is 18.5 Å². The van der Waals surface area contributed by atoms with E-state index in [2.05, 4.69) is 14.9 Å². The number of rotatable bonds is 5. The third-order valence-corrected chi connectivity index (χ3v) is 3.97. The van der Waals surface area contributed by atoms with Gasteiger partial charge in [0.15, 0.2) is 0 Å². The van der Waals surface area contributed by atoms with Gasteiger partial charge in [-0.2, -0.15) is 0 Å². The summed E-state index contributed by atoms with van der Waals surface area (Å²) in [4.78, 5) is 9.11. The SMILES string of the molecule is COCCCn1c(C2CCCNC2)nc2ccncc21. The van der Waals surface area contributed by atoms with Crippen LogP contribution >= 0.6 is 0 Å². The van der Waals surface area contributed by atoms with Crippen molar-refractivity contribution in [2.45, 2.75) is 31.7 Å². The Bertz CT molecular complexity index is 560. The minimum atomic E-state index is 0.513. The van der Waals surface area contributed by atoms with E-state index in [0.717, 1.165) is 43.7 Å². The molecule has 0 aromatic carbocycles. The van der Waals surface area contributed by atoms with Crippen molar-refractivity contribution < 1.29 is 4.74 Å². The molecule has 1 atom stereocenters. The molecule has 5 nitrogen and oxygen atoms in total. The molecule has 1 saturated heterocycles. The number of aryl methyl sites for hydroxylation is 1. The van der Waals surface area contributed by atoms with E-state index in [-0.39, 0.29) is 0 Å². The highest BCUT2D eigenvalue weighted by Gasteiger charge is 2.22. The van der Waals surface area contributed by atoms with Crippen molar-refractivity contribution in [1.29, 1.82) is 0 Å². The van der Waals surface area contributed by atoms with Crippen LogP contribution in [-0.4, -0.2) is 41.3 Å². The van der Waals surface area contributed by atoms with E-state index in [1.165, 1.54) is 18.7 Å². The van der Waals surface area contributed by atoms with Gasteiger partial charge in [0, 0.05) is 38.9 Å². The lowest BCUT2D eigenvalue weighted by molar-refractivity contribution is 0.190. The van der Waals surface area contributed by atoms with Gasteiger partial charge in [-0.05, 0) is 31.9 Å². The third kappa shape index (κ3) is 2.69. The summed E-state index contributed by atoms with van der Waals surface area (Å²) in [6.07, 6.45) is 7.19. The number of fused-ring (bicyclic) bond motifs is 1. The zero-order valence-electron chi connectivity index (χ0n) is 12.0. The minimum Gasteiger partial charge on any atom is -0.385 e. The van der Waals surface area contributed by atoms with Crippen LogP contribution in [0.3, 0.4) is 0 Å². The molecule has 0 radical (unpaired) electrons. The van der Waals surface area contributed by atoms with Gasteiger partial charge in [0.05, 0.1) is 17.2 Å². The Morgan fingerprint density at radius 1 is 1.50 bits per heavy atom. The Balaban J connectivity index is 1.93. The predicted molar refractivity (Wildman–Crippen MR) is 78.9 cm³/mol. The second-order valence-electron chi connectivity index (χ2n) is 5.38. The molecule has 2 aromatic heterocycles. The van der Waals surface area contributed by atoms with Crippen molar-refractivity contribution in [2.24, 2.45) is 0 Å². The largest absolute Gasteiger partial charge is 0.385 e. The van der Waals surface area contributed by atoms with Crippen LogP contribution in [0.1, 0.15) is 31.0 Å². The highest BCUT2D eigenvalue weighted by atomic mass is 16.5. The fourth-order valence-electron chi connectivity index (χ4n) is 2.97. The van der Waals surface area contributed by atoms with Crippen molar-refractivity contribution in [2.75, 3.05) is 26.8 Å². The number of hydrogen-bond acceptors (Lipinski definition) is 4. The first-order valence-corrected chi connectivity index (χ1v) is 7.40. The Morgan fingerprint density at radius 3 is 3.25 bits per heavy atom. The molecule has 1 N–H and O–H groups in total. The van der Waals surface area contributed by atoms with Gasteiger partial charge in [-0.3, -0.25) is 4.98 Å². The maximum Gasteiger partial charge on any atom is 0.114 e. The number of nitrogens with zero attached hydrogens (tertiary/aromatic N) is 3. The first-order valence-electron chi connectivity index (χ1n) is 7.40. The number of pyridine rings is 1. The first kappa shape index (κ1) is 13.5. The molecule has 0 bridgehead atoms. The molecule has 1 aliphatic heterocycles. The molecular formula is C15H22N4O. The quantitative estimate of drug-likeness (QED) is 0.847. The molecule has 5 heteroatoms. The molecule has 0 aliphatic carbocycles. The topological polar surface area (TPSA) is 52.0 Å². The van der Waals surface area contributed by atoms with Gasteiger partial charge in [-0.15, -0.1) is 0 Å². The van der Waals surface area contributed by atoms with E-state index < -0.39 is 0 Å². The van der Waals surface area contributed by atoms with Crippen molar-refractivity contribution in [1.82, 2.24) is 19.9 Å². The Labute approximate surface area is 119 Å². The predicted octanol–water partition coefficient (Wildman–Crippen LogP) is 1.93. The lowest BCUT2D eigenvalue weighted by atomic mass is 9.99. The number of methoxy groups -OCH3 is 1. The van der Waals surface area contributed by atoms with Crippen molar-refractivity contribution >= 4 is 11.0 Å². The number of ether oxygens (including phenoxy) is 1. The molecule has 0 spiro atoms. The maximum atomic E-state index is 5.18. The number of imidazole rings is 1. The number of aromatic nitrogens is 3. The van der Waals surface area contributed by atoms with Crippen LogP contribution in [0.4, 0.5) is 0 Å². The molecule has 1 aliphatic rings. The maximum absolute atomic E-state index is 5.18. The van der Waals surface area contributed by atoms with Crippen LogP contribution in [0.25, 0.3) is 11.0 Å². The zero-order chi connectivity index (χ0) is 13.8. The second-order valence-corrected chi connectivity index (χ2v) is 5.38. The van der Waals surface area contributed by atoms with Crippen molar-refractivity contribution in [3.8, 4) is 0 Å².